The predicted molar refractivity (Wildman–Crippen MR) is 73.1 cm³/mol. The highest BCUT2D eigenvalue weighted by Gasteiger charge is 2.34. The van der Waals surface area contributed by atoms with Crippen LogP contribution in [0.5, 0.6) is 0 Å². The van der Waals surface area contributed by atoms with Gasteiger partial charge in [0.05, 0.1) is 5.75 Å². The molecule has 0 aromatic rings. The van der Waals surface area contributed by atoms with Gasteiger partial charge in [-0.25, -0.2) is 13.1 Å². The Bertz CT molecular complexity index is 412. The molecule has 0 aromatic heterocycles. The van der Waals surface area contributed by atoms with Crippen LogP contribution in [0.4, 0.5) is 0 Å². The first kappa shape index (κ1) is 14.7. The lowest BCUT2D eigenvalue weighted by Crippen LogP contribution is -2.40. The second kappa shape index (κ2) is 6.19. The van der Waals surface area contributed by atoms with Crippen molar-refractivity contribution < 1.29 is 13.2 Å². The van der Waals surface area contributed by atoms with Gasteiger partial charge in [-0.15, -0.1) is 0 Å². The van der Waals surface area contributed by atoms with E-state index in [0.717, 1.165) is 12.8 Å². The minimum absolute atomic E-state index is 0.0300. The molecule has 3 N–H and O–H groups in total. The number of piperidine rings is 1. The highest BCUT2D eigenvalue weighted by Crippen LogP contribution is 2.32. The third-order valence-corrected chi connectivity index (χ3v) is 5.41. The number of sulfonamides is 1. The summed E-state index contributed by atoms with van der Waals surface area (Å²) in [6.45, 7) is 0.180. The molecular formula is C12H23N3O3S. The van der Waals surface area contributed by atoms with Gasteiger partial charge in [0.25, 0.3) is 0 Å². The molecule has 2 saturated heterocycles. The summed E-state index contributed by atoms with van der Waals surface area (Å²) in [5.41, 5.74) is 0. The van der Waals surface area contributed by atoms with Gasteiger partial charge in [-0.1, -0.05) is 0 Å². The number of hydrogen-bond donors (Lipinski definition) is 3. The molecule has 6 nitrogen and oxygen atoms in total. The van der Waals surface area contributed by atoms with E-state index in [-0.39, 0.29) is 18.2 Å². The van der Waals surface area contributed by atoms with Gasteiger partial charge < -0.3 is 10.6 Å². The Hall–Kier alpha value is -0.660. The molecular weight excluding hydrogens is 266 g/mol. The fraction of sp³-hybridized carbons (Fsp3) is 0.917. The van der Waals surface area contributed by atoms with Crippen LogP contribution in [0.3, 0.4) is 0 Å². The van der Waals surface area contributed by atoms with Crippen LogP contribution in [-0.2, 0) is 14.8 Å². The highest BCUT2D eigenvalue weighted by atomic mass is 32.2. The smallest absolute Gasteiger partial charge is 0.220 e. The van der Waals surface area contributed by atoms with Crippen molar-refractivity contribution in [3.05, 3.63) is 0 Å². The summed E-state index contributed by atoms with van der Waals surface area (Å²) < 4.78 is 24.6. The second-order valence-corrected chi connectivity index (χ2v) is 7.60. The zero-order chi connectivity index (χ0) is 13.9. The molecule has 2 heterocycles. The van der Waals surface area contributed by atoms with Gasteiger partial charge in [0, 0.05) is 25.0 Å². The van der Waals surface area contributed by atoms with Crippen LogP contribution in [0.2, 0.25) is 0 Å². The number of amides is 1. The molecule has 0 radical (unpaired) electrons. The van der Waals surface area contributed by atoms with Gasteiger partial charge in [0.1, 0.15) is 0 Å². The second-order valence-electron chi connectivity index (χ2n) is 5.55. The number of hydrogen-bond acceptors (Lipinski definition) is 4. The summed E-state index contributed by atoms with van der Waals surface area (Å²) in [4.78, 5) is 11.8. The van der Waals surface area contributed by atoms with E-state index in [4.69, 9.17) is 0 Å². The topological polar surface area (TPSA) is 87.3 Å². The van der Waals surface area contributed by atoms with E-state index < -0.39 is 10.0 Å². The van der Waals surface area contributed by atoms with Crippen molar-refractivity contribution in [3.8, 4) is 0 Å². The van der Waals surface area contributed by atoms with Crippen molar-refractivity contribution in [1.82, 2.24) is 15.4 Å². The van der Waals surface area contributed by atoms with Crippen LogP contribution >= 0.6 is 0 Å². The van der Waals surface area contributed by atoms with Crippen LogP contribution in [0, 0.1) is 5.92 Å². The van der Waals surface area contributed by atoms with Crippen molar-refractivity contribution in [2.75, 3.05) is 19.3 Å². The first-order valence-corrected chi connectivity index (χ1v) is 8.57. The van der Waals surface area contributed by atoms with Crippen LogP contribution in [0.15, 0.2) is 0 Å². The molecule has 2 atom stereocenters. The predicted octanol–water partition coefficient (Wildman–Crippen LogP) is -0.427. The van der Waals surface area contributed by atoms with E-state index in [2.05, 4.69) is 15.4 Å². The molecule has 1 amide bonds. The quantitative estimate of drug-likeness (QED) is 0.619. The van der Waals surface area contributed by atoms with Crippen LogP contribution in [0.1, 0.15) is 32.1 Å². The minimum atomic E-state index is -3.23. The van der Waals surface area contributed by atoms with Gasteiger partial charge in [-0.3, -0.25) is 4.79 Å². The maximum absolute atomic E-state index is 11.8. The molecule has 2 aliphatic rings. The molecule has 110 valence electrons. The van der Waals surface area contributed by atoms with E-state index in [1.807, 2.05) is 0 Å². The van der Waals surface area contributed by atoms with Crippen molar-refractivity contribution in [2.45, 2.75) is 44.2 Å². The number of carbonyl (C=O) groups excluding carboxylic acids is 1. The molecule has 2 aliphatic heterocycles. The lowest BCUT2D eigenvalue weighted by atomic mass is 9.89. The molecule has 2 bridgehead atoms. The first-order valence-electron chi connectivity index (χ1n) is 6.92. The highest BCUT2D eigenvalue weighted by molar-refractivity contribution is 7.89. The molecule has 2 rings (SSSR count). The van der Waals surface area contributed by atoms with E-state index in [1.165, 1.54) is 19.9 Å². The van der Waals surface area contributed by atoms with E-state index in [0.29, 0.717) is 24.4 Å². The Morgan fingerprint density at radius 2 is 1.89 bits per heavy atom. The Balaban J connectivity index is 1.67. The summed E-state index contributed by atoms with van der Waals surface area (Å²) in [6.07, 6.45) is 5.11. The first-order chi connectivity index (χ1) is 8.98. The number of rotatable bonds is 6. The number of carbonyl (C=O) groups is 1. The van der Waals surface area contributed by atoms with Crippen molar-refractivity contribution in [2.24, 2.45) is 5.92 Å². The minimum Gasteiger partial charge on any atom is -0.355 e. The fourth-order valence-electron chi connectivity index (χ4n) is 3.10. The average molecular weight is 289 g/mol. The van der Waals surface area contributed by atoms with Crippen molar-refractivity contribution in [1.29, 1.82) is 0 Å². The van der Waals surface area contributed by atoms with Crippen LogP contribution in [0.25, 0.3) is 0 Å². The largest absolute Gasteiger partial charge is 0.355 e. The summed E-state index contributed by atoms with van der Waals surface area (Å²) in [6, 6.07) is 1.17. The number of fused-ring (bicyclic) bond motifs is 2. The Kier molecular flexibility index (Phi) is 4.81. The Labute approximate surface area is 114 Å². The Morgan fingerprint density at radius 1 is 1.26 bits per heavy atom. The maximum Gasteiger partial charge on any atom is 0.220 e. The molecule has 2 fully saturated rings. The van der Waals surface area contributed by atoms with Gasteiger partial charge in [0.15, 0.2) is 0 Å². The summed E-state index contributed by atoms with van der Waals surface area (Å²) >= 11 is 0. The van der Waals surface area contributed by atoms with E-state index in [1.54, 1.807) is 0 Å². The standard InChI is InChI=1S/C12H23N3O3S/c1-13-19(17,18)5-4-14-12(16)8-9-6-10-2-3-11(7-9)15-10/h9-11,13,15H,2-8H2,1H3,(H,14,16). The molecule has 0 aromatic carbocycles. The number of nitrogens with one attached hydrogen (secondary N) is 3. The molecule has 0 spiro atoms. The van der Waals surface area contributed by atoms with Crippen LogP contribution in [-0.4, -0.2) is 45.8 Å². The maximum atomic E-state index is 11.8. The van der Waals surface area contributed by atoms with Crippen molar-refractivity contribution in [3.63, 3.8) is 0 Å². The van der Waals surface area contributed by atoms with Gasteiger partial charge in [0.2, 0.25) is 15.9 Å². The van der Waals surface area contributed by atoms with E-state index in [9.17, 15) is 13.2 Å². The zero-order valence-electron chi connectivity index (χ0n) is 11.3. The van der Waals surface area contributed by atoms with Crippen LogP contribution < -0.4 is 15.4 Å². The summed E-state index contributed by atoms with van der Waals surface area (Å²) in [5.74, 6) is 0.351. The van der Waals surface area contributed by atoms with Gasteiger partial charge in [-0.05, 0) is 38.6 Å². The van der Waals surface area contributed by atoms with Gasteiger partial charge >= 0.3 is 0 Å². The molecule has 7 heteroatoms. The SMILES string of the molecule is CNS(=O)(=O)CCNC(=O)CC1CC2CCC(C1)N2. The average Bonchev–Trinajstić information content (AvgIpc) is 2.68. The molecule has 19 heavy (non-hydrogen) atoms. The zero-order valence-corrected chi connectivity index (χ0v) is 12.1. The molecule has 0 aliphatic carbocycles. The third kappa shape index (κ3) is 4.43. The summed E-state index contributed by atoms with van der Waals surface area (Å²) in [7, 11) is -1.85. The van der Waals surface area contributed by atoms with Crippen molar-refractivity contribution >= 4 is 15.9 Å². The molecule has 2 unspecified atom stereocenters. The monoisotopic (exact) mass is 289 g/mol. The summed E-state index contributed by atoms with van der Waals surface area (Å²) in [5, 5.41) is 6.24. The Morgan fingerprint density at radius 3 is 2.47 bits per heavy atom. The lowest BCUT2D eigenvalue weighted by Gasteiger charge is -2.28. The lowest BCUT2D eigenvalue weighted by molar-refractivity contribution is -0.122. The van der Waals surface area contributed by atoms with Gasteiger partial charge in [-0.2, -0.15) is 0 Å². The van der Waals surface area contributed by atoms with E-state index >= 15 is 0 Å². The third-order valence-electron chi connectivity index (χ3n) is 4.05. The fourth-order valence-corrected chi connectivity index (χ4v) is 3.68. The normalized spacial score (nSPS) is 30.3. The molecule has 0 saturated carbocycles.